The highest BCUT2D eigenvalue weighted by atomic mass is 16.6. The summed E-state index contributed by atoms with van der Waals surface area (Å²) in [5, 5.41) is 48.7. The summed E-state index contributed by atoms with van der Waals surface area (Å²) >= 11 is 0. The molecule has 1 aromatic carbocycles. The fourth-order valence-corrected chi connectivity index (χ4v) is 14.1. The van der Waals surface area contributed by atoms with Gasteiger partial charge in [-0.2, -0.15) is 5.10 Å². The van der Waals surface area contributed by atoms with E-state index in [-0.39, 0.29) is 98.4 Å². The lowest BCUT2D eigenvalue weighted by molar-refractivity contribution is -0.192. The lowest BCUT2D eigenvalue weighted by Gasteiger charge is -2.70. The van der Waals surface area contributed by atoms with Gasteiger partial charge in [0.2, 0.25) is 17.7 Å². The van der Waals surface area contributed by atoms with Crippen LogP contribution in [0.15, 0.2) is 54.7 Å². The van der Waals surface area contributed by atoms with E-state index in [1.165, 1.54) is 18.3 Å². The number of aromatic carboxylic acids is 1. The number of aromatic amines is 1. The van der Waals surface area contributed by atoms with Crippen LogP contribution < -0.4 is 27.0 Å². The maximum atomic E-state index is 13.9. The molecule has 1 aliphatic heterocycles. The van der Waals surface area contributed by atoms with Gasteiger partial charge in [0.05, 0.1) is 38.2 Å². The summed E-state index contributed by atoms with van der Waals surface area (Å²) in [5.41, 5.74) is 9.35. The first kappa shape index (κ1) is 61.4. The number of nitrogens with zero attached hydrogens (tertiary/aromatic N) is 4. The van der Waals surface area contributed by atoms with Crippen molar-refractivity contribution in [3.63, 3.8) is 0 Å². The van der Waals surface area contributed by atoms with Gasteiger partial charge in [0.15, 0.2) is 5.69 Å². The number of carbonyl (C=O) groups excluding carboxylic acids is 7. The first-order valence-corrected chi connectivity index (χ1v) is 28.0. The zero-order chi connectivity index (χ0) is 58.7. The number of amides is 8. The van der Waals surface area contributed by atoms with E-state index < -0.39 is 72.4 Å². The average molecular weight is 1130 g/mol. The number of H-pyrrole nitrogens is 1. The van der Waals surface area contributed by atoms with Crippen LogP contribution in [0, 0.1) is 34.5 Å². The molecule has 4 fully saturated rings. The Morgan fingerprint density at radius 2 is 1.57 bits per heavy atom. The van der Waals surface area contributed by atoms with Crippen LogP contribution in [0.3, 0.4) is 0 Å². The molecule has 81 heavy (non-hydrogen) atoms. The average Bonchev–Trinajstić information content (AvgIpc) is 1.37. The van der Waals surface area contributed by atoms with Crippen LogP contribution in [0.1, 0.15) is 132 Å². The summed E-state index contributed by atoms with van der Waals surface area (Å²) < 4.78 is 11.3. The van der Waals surface area contributed by atoms with Crippen molar-refractivity contribution in [1.29, 1.82) is 0 Å². The molecular formula is C58H80N10O13. The first-order chi connectivity index (χ1) is 38.4. The summed E-state index contributed by atoms with van der Waals surface area (Å²) in [6.45, 7) is 10.3. The number of aryl methyl sites for hydroxylation is 1. The number of benzene rings is 1. The van der Waals surface area contributed by atoms with E-state index in [9.17, 15) is 53.7 Å². The number of urea groups is 1. The number of ether oxygens (including phenoxy) is 2. The van der Waals surface area contributed by atoms with Crippen molar-refractivity contribution in [2.45, 2.75) is 143 Å². The second-order valence-corrected chi connectivity index (χ2v) is 24.0. The first-order valence-electron chi connectivity index (χ1n) is 28.0. The molecule has 3 heterocycles. The molecule has 10 N–H and O–H groups in total. The number of pyridine rings is 1. The number of aliphatic hydroxyl groups is 2. The minimum Gasteiger partial charge on any atom is -0.476 e. The Balaban J connectivity index is 0.940. The SMILES string of the molecule is Cc1[nH]nc(CC23CC4(CCCN(CC[C@H](O)CO)C(=O)OCc5ccc(NC(=O)[C@H](CCCNC(N)=O)NC(=O)[C@@H](NC(=O)CCOCCN6C(=O)C=CC6=O)C(C)C)cc5)C[C@@](C)(C2)C[C@](C)(C4)C3)c1-c1cccnc1C(=O)O. The van der Waals surface area contributed by atoms with E-state index in [0.29, 0.717) is 36.2 Å². The van der Waals surface area contributed by atoms with Crippen molar-refractivity contribution in [3.8, 4) is 11.1 Å². The van der Waals surface area contributed by atoms with Crippen LogP contribution in [0.5, 0.6) is 0 Å². The molecule has 7 atom stereocenters. The molecule has 0 saturated heterocycles. The normalized spacial score (nSPS) is 22.8. The van der Waals surface area contributed by atoms with Crippen molar-refractivity contribution in [2.75, 3.05) is 51.3 Å². The van der Waals surface area contributed by atoms with E-state index in [1.807, 2.05) is 6.92 Å². The highest BCUT2D eigenvalue weighted by molar-refractivity contribution is 6.12. The third-order valence-corrected chi connectivity index (χ3v) is 16.3. The highest BCUT2D eigenvalue weighted by Crippen LogP contribution is 2.75. The zero-order valence-electron chi connectivity index (χ0n) is 47.1. The number of aliphatic hydroxyl groups excluding tert-OH is 2. The van der Waals surface area contributed by atoms with Gasteiger partial charge < -0.3 is 56.7 Å². The van der Waals surface area contributed by atoms with E-state index in [1.54, 1.807) is 55.1 Å². The van der Waals surface area contributed by atoms with Crippen molar-refractivity contribution in [3.05, 3.63) is 77.4 Å². The molecule has 8 rings (SSSR count). The molecule has 0 radical (unpaired) electrons. The number of primary amides is 1. The number of hydrogen-bond acceptors (Lipinski definition) is 14. The van der Waals surface area contributed by atoms with Gasteiger partial charge in [0.25, 0.3) is 11.8 Å². The van der Waals surface area contributed by atoms with Gasteiger partial charge in [-0.25, -0.2) is 19.4 Å². The number of nitrogens with one attached hydrogen (secondary N) is 5. The van der Waals surface area contributed by atoms with Gasteiger partial charge in [0.1, 0.15) is 18.7 Å². The largest absolute Gasteiger partial charge is 0.476 e. The minimum atomic E-state index is -1.10. The summed E-state index contributed by atoms with van der Waals surface area (Å²) in [4.78, 5) is 108. The molecule has 0 spiro atoms. The van der Waals surface area contributed by atoms with E-state index in [2.05, 4.69) is 45.2 Å². The maximum Gasteiger partial charge on any atom is 0.410 e. The molecule has 2 aromatic heterocycles. The Kier molecular flexibility index (Phi) is 20.1. The third kappa shape index (κ3) is 16.0. The Morgan fingerprint density at radius 1 is 0.877 bits per heavy atom. The monoisotopic (exact) mass is 1120 g/mol. The number of hydrogen-bond donors (Lipinski definition) is 9. The molecule has 4 aliphatic carbocycles. The molecule has 4 saturated carbocycles. The second kappa shape index (κ2) is 26.6. The van der Waals surface area contributed by atoms with Gasteiger partial charge in [0, 0.05) is 66.9 Å². The van der Waals surface area contributed by atoms with Crippen LogP contribution in [0.4, 0.5) is 15.3 Å². The van der Waals surface area contributed by atoms with Crippen LogP contribution in [-0.2, 0) is 46.5 Å². The van der Waals surface area contributed by atoms with Crippen molar-refractivity contribution in [1.82, 2.24) is 40.9 Å². The van der Waals surface area contributed by atoms with E-state index in [4.69, 9.17) is 20.3 Å². The number of carboxylic acid groups (broad SMARTS) is 1. The molecule has 5 aliphatic rings. The predicted octanol–water partition coefficient (Wildman–Crippen LogP) is 4.89. The van der Waals surface area contributed by atoms with Gasteiger partial charge in [-0.05, 0) is 135 Å². The number of rotatable bonds is 30. The maximum absolute atomic E-state index is 13.9. The second-order valence-electron chi connectivity index (χ2n) is 24.0. The highest BCUT2D eigenvalue weighted by Gasteiger charge is 2.65. The Morgan fingerprint density at radius 3 is 2.22 bits per heavy atom. The van der Waals surface area contributed by atoms with Crippen molar-refractivity contribution in [2.24, 2.45) is 33.3 Å². The van der Waals surface area contributed by atoms with E-state index in [0.717, 1.165) is 66.8 Å². The number of anilines is 1. The van der Waals surface area contributed by atoms with Gasteiger partial charge in [-0.3, -0.25) is 34.0 Å². The molecule has 4 bridgehead atoms. The van der Waals surface area contributed by atoms with Gasteiger partial charge in [-0.1, -0.05) is 45.9 Å². The van der Waals surface area contributed by atoms with Gasteiger partial charge >= 0.3 is 18.1 Å². The fourth-order valence-electron chi connectivity index (χ4n) is 14.1. The molecule has 440 valence electrons. The number of aromatic nitrogens is 3. The summed E-state index contributed by atoms with van der Waals surface area (Å²) in [6.07, 6.45) is 11.2. The number of nitrogens with two attached hydrogens (primary N) is 1. The van der Waals surface area contributed by atoms with E-state index >= 15 is 0 Å². The van der Waals surface area contributed by atoms with Crippen LogP contribution in [-0.4, -0.2) is 152 Å². The molecule has 2 unspecified atom stereocenters. The summed E-state index contributed by atoms with van der Waals surface area (Å²) in [6, 6.07) is 7.29. The third-order valence-electron chi connectivity index (χ3n) is 16.3. The van der Waals surface area contributed by atoms with Crippen LogP contribution in [0.2, 0.25) is 0 Å². The summed E-state index contributed by atoms with van der Waals surface area (Å²) in [7, 11) is 0. The lowest BCUT2D eigenvalue weighted by atomic mass is 9.35. The molecule has 8 amide bonds. The quantitative estimate of drug-likeness (QED) is 0.0317. The number of carbonyl (C=O) groups is 8. The van der Waals surface area contributed by atoms with Gasteiger partial charge in [-0.15, -0.1) is 0 Å². The Hall–Kier alpha value is -7.24. The lowest BCUT2D eigenvalue weighted by Crippen LogP contribution is -2.60. The van der Waals surface area contributed by atoms with Crippen molar-refractivity contribution < 1.29 is 63.1 Å². The predicted molar refractivity (Wildman–Crippen MR) is 297 cm³/mol. The molecule has 23 heteroatoms. The minimum absolute atomic E-state index is 0.00307. The number of carboxylic acids is 1. The fraction of sp³-hybridized carbons (Fsp3) is 0.586. The van der Waals surface area contributed by atoms with Crippen LogP contribution >= 0.6 is 0 Å². The standard InChI is InChI=1S/C58H80N10O13/c1-36(2)48(64-44(71)18-25-80-26-24-68-45(72)15-16-46(68)73)51(75)63-42(10-7-21-61-53(59)78)50(74)62-39-13-11-38(12-14-39)29-81-54(79)67(23-17-40(70)28-69)22-8-19-57-31-55(4)30-56(5,32-57)34-58(33-55,35-57)27-43-47(37(3)65-66-43)41-9-6-20-60-49(41)52(76)77/h6,9,11-16,20,36,40,42,48,69-70H,7-8,10,17-19,21-35H2,1-5H3,(H,62,74)(H,63,75)(H,64,71)(H,65,66)(H,76,77)(H3,59,61,78)/t40-,42-,48-,55-,56+,57?,58?/m0/s1. The topological polar surface area (TPSA) is 338 Å². The molecular weight excluding hydrogens is 1040 g/mol. The Bertz CT molecular complexity index is 2780. The summed E-state index contributed by atoms with van der Waals surface area (Å²) in [5.74, 6) is -4.04. The molecule has 3 aromatic rings. The molecule has 23 nitrogen and oxygen atoms in total. The van der Waals surface area contributed by atoms with Crippen LogP contribution in [0.25, 0.3) is 11.1 Å². The van der Waals surface area contributed by atoms with Crippen molar-refractivity contribution >= 4 is 53.3 Å². The Labute approximate surface area is 471 Å². The number of imide groups is 1. The zero-order valence-corrected chi connectivity index (χ0v) is 47.1. The smallest absolute Gasteiger partial charge is 0.410 e.